The number of ether oxygens (including phenoxy) is 1. The Labute approximate surface area is 220 Å². The lowest BCUT2D eigenvalue weighted by Gasteiger charge is -2.35. The van der Waals surface area contributed by atoms with Crippen molar-refractivity contribution in [2.45, 2.75) is 60.0 Å². The molecule has 1 aliphatic heterocycles. The highest BCUT2D eigenvalue weighted by Crippen LogP contribution is 2.36. The van der Waals surface area contributed by atoms with E-state index in [2.05, 4.69) is 19.9 Å². The zero-order valence-corrected chi connectivity index (χ0v) is 22.3. The first kappa shape index (κ1) is 26.7. The maximum atomic E-state index is 14.2. The van der Waals surface area contributed by atoms with Crippen LogP contribution >= 0.6 is 11.6 Å². The smallest absolute Gasteiger partial charge is 0.171 e. The molecule has 0 amide bonds. The van der Waals surface area contributed by atoms with E-state index >= 15 is 0 Å². The third-order valence-electron chi connectivity index (χ3n) is 5.94. The maximum absolute atomic E-state index is 14.2. The van der Waals surface area contributed by atoms with Gasteiger partial charge in [0, 0.05) is 30.4 Å². The molecule has 2 N–H and O–H groups in total. The van der Waals surface area contributed by atoms with Crippen molar-refractivity contribution in [3.05, 3.63) is 87.3 Å². The van der Waals surface area contributed by atoms with Crippen LogP contribution in [0.25, 0.3) is 11.4 Å². The quantitative estimate of drug-likeness (QED) is 0.466. The van der Waals surface area contributed by atoms with Gasteiger partial charge in [-0.2, -0.15) is 0 Å². The molecule has 8 nitrogen and oxygen atoms in total. The molecule has 10 heteroatoms. The number of nitrogens with zero attached hydrogens (tertiary/aromatic N) is 5. The van der Waals surface area contributed by atoms with Crippen LogP contribution in [0.1, 0.15) is 49.0 Å². The molecule has 4 rings (SSSR count). The van der Waals surface area contributed by atoms with Crippen molar-refractivity contribution in [1.82, 2.24) is 19.9 Å². The minimum absolute atomic E-state index is 0.0541. The highest BCUT2D eigenvalue weighted by atomic mass is 35.5. The molecule has 0 bridgehead atoms. The minimum Gasteiger partial charge on any atom is -0.486 e. The molecular formula is C27H29ClFN5O3. The van der Waals surface area contributed by atoms with Gasteiger partial charge >= 0.3 is 0 Å². The molecule has 4 heterocycles. The fraction of sp³-hybridized carbons (Fsp3) is 0.333. The first-order chi connectivity index (χ1) is 17.4. The molecule has 0 aromatic carbocycles. The van der Waals surface area contributed by atoms with Crippen LogP contribution in [0.2, 0.25) is 0 Å². The third kappa shape index (κ3) is 5.49. The van der Waals surface area contributed by atoms with Crippen LogP contribution in [0.4, 0.5) is 10.1 Å². The van der Waals surface area contributed by atoms with Crippen molar-refractivity contribution in [2.24, 2.45) is 0 Å². The van der Waals surface area contributed by atoms with E-state index in [1.165, 1.54) is 6.07 Å². The molecule has 1 unspecified atom stereocenters. The van der Waals surface area contributed by atoms with Gasteiger partial charge < -0.3 is 19.8 Å². The fourth-order valence-corrected chi connectivity index (χ4v) is 4.11. The van der Waals surface area contributed by atoms with Gasteiger partial charge in [0.1, 0.15) is 34.5 Å². The average Bonchev–Trinajstić information content (AvgIpc) is 2.82. The summed E-state index contributed by atoms with van der Waals surface area (Å²) in [5.74, 6) is 0.0413. The van der Waals surface area contributed by atoms with Crippen LogP contribution in [-0.4, -0.2) is 36.4 Å². The number of aromatic nitrogens is 4. The molecule has 0 fully saturated rings. The highest BCUT2D eigenvalue weighted by molar-refractivity contribution is 6.31. The van der Waals surface area contributed by atoms with Gasteiger partial charge in [-0.3, -0.25) is 9.97 Å². The topological polar surface area (TPSA) is 104 Å². The van der Waals surface area contributed by atoms with Gasteiger partial charge in [0.05, 0.1) is 17.1 Å². The second kappa shape index (κ2) is 10.2. The molecule has 1 aliphatic rings. The van der Waals surface area contributed by atoms with E-state index < -0.39 is 17.6 Å². The van der Waals surface area contributed by atoms with Crippen LogP contribution in [0.3, 0.4) is 0 Å². The molecule has 0 aliphatic carbocycles. The summed E-state index contributed by atoms with van der Waals surface area (Å²) in [4.78, 5) is 19.1. The summed E-state index contributed by atoms with van der Waals surface area (Å²) < 4.78 is 19.9. The van der Waals surface area contributed by atoms with Crippen LogP contribution in [0, 0.1) is 26.6 Å². The molecule has 194 valence electrons. The van der Waals surface area contributed by atoms with Crippen molar-refractivity contribution < 1.29 is 19.3 Å². The second-order valence-corrected chi connectivity index (χ2v) is 10.0. The van der Waals surface area contributed by atoms with E-state index in [1.807, 2.05) is 20.8 Å². The largest absolute Gasteiger partial charge is 0.486 e. The molecular weight excluding hydrogens is 497 g/mol. The lowest BCUT2D eigenvalue weighted by Crippen LogP contribution is -2.37. The van der Waals surface area contributed by atoms with Gasteiger partial charge in [0.25, 0.3) is 0 Å². The predicted octanol–water partition coefficient (Wildman–Crippen LogP) is 4.93. The van der Waals surface area contributed by atoms with E-state index in [1.54, 1.807) is 56.4 Å². The zero-order valence-electron chi connectivity index (χ0n) is 21.5. The number of pyridine rings is 2. The summed E-state index contributed by atoms with van der Waals surface area (Å²) >= 11 is 6.52. The SMILES string of the molecule is CC1=CC(OCc2ncc(C)cc2F)=C(Cl)C(O)N1c1cc(-c2nc(C(C)(C)O)ncc2C)ncc1C. The lowest BCUT2D eigenvalue weighted by atomic mass is 10.1. The van der Waals surface area contributed by atoms with Gasteiger partial charge in [-0.05, 0) is 70.4 Å². The number of hydrogen-bond acceptors (Lipinski definition) is 8. The normalized spacial score (nSPS) is 16.2. The maximum Gasteiger partial charge on any atom is 0.171 e. The Morgan fingerprint density at radius 1 is 1.05 bits per heavy atom. The second-order valence-electron chi connectivity index (χ2n) is 9.61. The lowest BCUT2D eigenvalue weighted by molar-refractivity contribution is 0.0688. The standard InChI is InChI=1S/C27H29ClFN5O3/c1-14-7-18(29)20(30-10-14)13-37-22-8-17(4)34(25(35)23(22)28)21-9-19(31-11-15(21)2)24-16(3)12-32-26(33-24)27(5,6)36/h7-12,25,35-36H,13H2,1-6H3. The number of anilines is 1. The van der Waals surface area contributed by atoms with Crippen LogP contribution in [0.15, 0.2) is 53.3 Å². The molecule has 0 spiro atoms. The summed E-state index contributed by atoms with van der Waals surface area (Å²) in [6, 6.07) is 3.19. The average molecular weight is 526 g/mol. The van der Waals surface area contributed by atoms with Crippen molar-refractivity contribution >= 4 is 17.3 Å². The number of halogens is 2. The monoisotopic (exact) mass is 525 g/mol. The number of aliphatic hydroxyl groups excluding tert-OH is 1. The molecule has 37 heavy (non-hydrogen) atoms. The third-order valence-corrected chi connectivity index (χ3v) is 6.32. The Kier molecular flexibility index (Phi) is 7.32. The van der Waals surface area contributed by atoms with Crippen LogP contribution in [0.5, 0.6) is 0 Å². The molecule has 3 aromatic heterocycles. The van der Waals surface area contributed by atoms with Gasteiger partial charge in [0.2, 0.25) is 0 Å². The number of aliphatic hydroxyl groups is 2. The summed E-state index contributed by atoms with van der Waals surface area (Å²) in [6.45, 7) is 10.4. The number of rotatable bonds is 6. The number of allylic oxidation sites excluding steroid dienone is 2. The van der Waals surface area contributed by atoms with E-state index in [-0.39, 0.29) is 28.9 Å². The van der Waals surface area contributed by atoms with E-state index in [9.17, 15) is 14.6 Å². The van der Waals surface area contributed by atoms with Gasteiger partial charge in [-0.1, -0.05) is 11.6 Å². The zero-order chi connectivity index (χ0) is 27.1. The fourth-order valence-electron chi connectivity index (χ4n) is 3.91. The van der Waals surface area contributed by atoms with Crippen molar-refractivity contribution in [3.8, 4) is 11.4 Å². The van der Waals surface area contributed by atoms with Crippen molar-refractivity contribution in [1.29, 1.82) is 0 Å². The van der Waals surface area contributed by atoms with E-state index in [0.29, 0.717) is 28.3 Å². The van der Waals surface area contributed by atoms with Gasteiger partial charge in [-0.15, -0.1) is 0 Å². The summed E-state index contributed by atoms with van der Waals surface area (Å²) in [5, 5.41) is 21.6. The van der Waals surface area contributed by atoms with Gasteiger partial charge in [0.15, 0.2) is 12.1 Å². The molecule has 1 atom stereocenters. The van der Waals surface area contributed by atoms with Gasteiger partial charge in [-0.25, -0.2) is 14.4 Å². The van der Waals surface area contributed by atoms with E-state index in [0.717, 1.165) is 11.1 Å². The van der Waals surface area contributed by atoms with Crippen LogP contribution in [-0.2, 0) is 16.9 Å². The van der Waals surface area contributed by atoms with Crippen molar-refractivity contribution in [3.63, 3.8) is 0 Å². The Hall–Kier alpha value is -3.40. The summed E-state index contributed by atoms with van der Waals surface area (Å²) in [6.07, 6.45) is 5.33. The number of hydrogen-bond donors (Lipinski definition) is 2. The van der Waals surface area contributed by atoms with Crippen LogP contribution < -0.4 is 4.90 Å². The number of aryl methyl sites for hydroxylation is 3. The first-order valence-electron chi connectivity index (χ1n) is 11.7. The first-order valence-corrected chi connectivity index (χ1v) is 12.1. The predicted molar refractivity (Wildman–Crippen MR) is 139 cm³/mol. The molecule has 3 aromatic rings. The van der Waals surface area contributed by atoms with E-state index in [4.69, 9.17) is 16.3 Å². The summed E-state index contributed by atoms with van der Waals surface area (Å²) in [5.41, 5.74) is 3.65. The molecule has 0 saturated carbocycles. The highest BCUT2D eigenvalue weighted by Gasteiger charge is 2.30. The minimum atomic E-state index is -1.25. The molecule has 0 saturated heterocycles. The summed E-state index contributed by atoms with van der Waals surface area (Å²) in [7, 11) is 0. The molecule has 0 radical (unpaired) electrons. The Morgan fingerprint density at radius 3 is 2.43 bits per heavy atom. The van der Waals surface area contributed by atoms with Crippen molar-refractivity contribution in [2.75, 3.05) is 4.90 Å². The Bertz CT molecular complexity index is 1420. The Balaban J connectivity index is 1.65. The Morgan fingerprint density at radius 2 is 1.76 bits per heavy atom.